The van der Waals surface area contributed by atoms with E-state index < -0.39 is 11.8 Å². The van der Waals surface area contributed by atoms with Crippen molar-refractivity contribution in [1.82, 2.24) is 10.6 Å². The van der Waals surface area contributed by atoms with Gasteiger partial charge in [0.25, 0.3) is 0 Å². The highest BCUT2D eigenvalue weighted by molar-refractivity contribution is 6.31. The van der Waals surface area contributed by atoms with Crippen LogP contribution < -0.4 is 16.0 Å². The van der Waals surface area contributed by atoms with E-state index in [1.807, 2.05) is 0 Å². The van der Waals surface area contributed by atoms with Crippen LogP contribution in [0.15, 0.2) is 18.2 Å². The molecule has 0 unspecified atom stereocenters. The van der Waals surface area contributed by atoms with E-state index >= 15 is 0 Å². The van der Waals surface area contributed by atoms with Crippen LogP contribution in [-0.4, -0.2) is 25.0 Å². The molecule has 5 nitrogen and oxygen atoms in total. The Morgan fingerprint density at radius 2 is 2.06 bits per heavy atom. The van der Waals surface area contributed by atoms with Crippen molar-refractivity contribution in [2.75, 3.05) is 18.4 Å². The highest BCUT2D eigenvalue weighted by atomic mass is 35.5. The Bertz CT molecular complexity index is 454. The van der Waals surface area contributed by atoms with Crippen LogP contribution in [0.5, 0.6) is 0 Å². The lowest BCUT2D eigenvalue weighted by molar-refractivity contribution is -0.119. The second kappa shape index (κ2) is 6.80. The van der Waals surface area contributed by atoms with Gasteiger partial charge in [-0.15, -0.1) is 0 Å². The number of amides is 3. The van der Waals surface area contributed by atoms with Crippen molar-refractivity contribution in [3.05, 3.63) is 29.0 Å². The van der Waals surface area contributed by atoms with Crippen LogP contribution in [0, 0.1) is 5.82 Å². The number of halogens is 2. The third kappa shape index (κ3) is 4.58. The highest BCUT2D eigenvalue weighted by Crippen LogP contribution is 2.18. The van der Waals surface area contributed by atoms with Gasteiger partial charge in [-0.25, -0.2) is 9.18 Å². The number of urea groups is 1. The number of carbonyl (C=O) groups excluding carboxylic acids is 2. The summed E-state index contributed by atoms with van der Waals surface area (Å²) in [5, 5.41) is 7.22. The summed E-state index contributed by atoms with van der Waals surface area (Å²) in [5.74, 6) is -0.852. The van der Waals surface area contributed by atoms with Crippen LogP contribution >= 0.6 is 11.6 Å². The van der Waals surface area contributed by atoms with E-state index in [9.17, 15) is 14.0 Å². The monoisotopic (exact) mass is 273 g/mol. The zero-order valence-electron chi connectivity index (χ0n) is 9.72. The molecule has 1 aromatic rings. The van der Waals surface area contributed by atoms with Crippen LogP contribution in [0.2, 0.25) is 5.02 Å². The summed E-state index contributed by atoms with van der Waals surface area (Å²) >= 11 is 5.56. The van der Waals surface area contributed by atoms with Gasteiger partial charge in [-0.2, -0.15) is 0 Å². The van der Waals surface area contributed by atoms with Crippen LogP contribution in [0.3, 0.4) is 0 Å². The maximum Gasteiger partial charge on any atom is 0.319 e. The van der Waals surface area contributed by atoms with E-state index in [2.05, 4.69) is 16.0 Å². The average Bonchev–Trinajstić information content (AvgIpc) is 2.32. The number of hydrogen-bond donors (Lipinski definition) is 3. The summed E-state index contributed by atoms with van der Waals surface area (Å²) in [6.45, 7) is 2.14. The van der Waals surface area contributed by atoms with Crippen molar-refractivity contribution in [3.8, 4) is 0 Å². The number of rotatable bonds is 4. The smallest absolute Gasteiger partial charge is 0.319 e. The molecule has 0 spiro atoms. The predicted octanol–water partition coefficient (Wildman–Crippen LogP) is 1.74. The fraction of sp³-hybridized carbons (Fsp3) is 0.273. The molecule has 0 aliphatic rings. The standard InChI is InChI=1S/C11H13ClFN3O2/c1-2-14-10(17)6-15-11(18)16-7-3-4-9(13)8(12)5-7/h3-5H,2,6H2,1H3,(H,14,17)(H2,15,16,18). The Labute approximate surface area is 109 Å². The molecule has 0 aliphatic heterocycles. The second-order valence-corrected chi connectivity index (χ2v) is 3.80. The molecule has 3 N–H and O–H groups in total. The van der Waals surface area contributed by atoms with E-state index in [1.54, 1.807) is 6.92 Å². The second-order valence-electron chi connectivity index (χ2n) is 3.39. The summed E-state index contributed by atoms with van der Waals surface area (Å²) in [4.78, 5) is 22.5. The Morgan fingerprint density at radius 1 is 1.33 bits per heavy atom. The van der Waals surface area contributed by atoms with Gasteiger partial charge in [0, 0.05) is 12.2 Å². The van der Waals surface area contributed by atoms with Crippen molar-refractivity contribution in [1.29, 1.82) is 0 Å². The average molecular weight is 274 g/mol. The first kappa shape index (κ1) is 14.2. The molecule has 0 saturated heterocycles. The molecule has 0 atom stereocenters. The van der Waals surface area contributed by atoms with Gasteiger partial charge in [-0.1, -0.05) is 11.6 Å². The van der Waals surface area contributed by atoms with Gasteiger partial charge in [0.2, 0.25) is 5.91 Å². The van der Waals surface area contributed by atoms with Crippen LogP contribution in [-0.2, 0) is 4.79 Å². The Balaban J connectivity index is 2.44. The summed E-state index contributed by atoms with van der Waals surface area (Å²) in [6.07, 6.45) is 0. The first-order valence-electron chi connectivity index (χ1n) is 5.29. The summed E-state index contributed by atoms with van der Waals surface area (Å²) < 4.78 is 12.9. The van der Waals surface area contributed by atoms with Crippen LogP contribution in [0.4, 0.5) is 14.9 Å². The first-order valence-corrected chi connectivity index (χ1v) is 5.67. The molecule has 0 saturated carbocycles. The molecule has 0 heterocycles. The molecule has 1 rings (SSSR count). The van der Waals surface area contributed by atoms with E-state index in [0.29, 0.717) is 12.2 Å². The molecule has 18 heavy (non-hydrogen) atoms. The fourth-order valence-corrected chi connectivity index (χ4v) is 1.35. The third-order valence-corrected chi connectivity index (χ3v) is 2.25. The van der Waals surface area contributed by atoms with Gasteiger partial charge in [-0.3, -0.25) is 4.79 Å². The van der Waals surface area contributed by atoms with E-state index in [-0.39, 0.29) is 17.5 Å². The molecule has 1 aromatic carbocycles. The fourth-order valence-electron chi connectivity index (χ4n) is 1.17. The Kier molecular flexibility index (Phi) is 5.38. The van der Waals surface area contributed by atoms with E-state index in [4.69, 9.17) is 11.6 Å². The third-order valence-electron chi connectivity index (χ3n) is 1.96. The van der Waals surface area contributed by atoms with Crippen molar-refractivity contribution in [2.45, 2.75) is 6.92 Å². The maximum absolute atomic E-state index is 12.9. The van der Waals surface area contributed by atoms with Gasteiger partial charge in [-0.05, 0) is 25.1 Å². The molecular formula is C11H13ClFN3O2. The van der Waals surface area contributed by atoms with Gasteiger partial charge < -0.3 is 16.0 Å². The number of hydrogen-bond acceptors (Lipinski definition) is 2. The van der Waals surface area contributed by atoms with Crippen LogP contribution in [0.1, 0.15) is 6.92 Å². The zero-order valence-corrected chi connectivity index (χ0v) is 10.5. The molecule has 7 heteroatoms. The van der Waals surface area contributed by atoms with E-state index in [1.165, 1.54) is 12.1 Å². The Morgan fingerprint density at radius 3 is 2.67 bits per heavy atom. The largest absolute Gasteiger partial charge is 0.355 e. The minimum Gasteiger partial charge on any atom is -0.355 e. The normalized spacial score (nSPS) is 9.72. The minimum absolute atomic E-state index is 0.0865. The lowest BCUT2D eigenvalue weighted by Gasteiger charge is -2.08. The lowest BCUT2D eigenvalue weighted by atomic mass is 10.3. The summed E-state index contributed by atoms with van der Waals surface area (Å²) in [7, 11) is 0. The van der Waals surface area contributed by atoms with Crippen molar-refractivity contribution in [3.63, 3.8) is 0 Å². The van der Waals surface area contributed by atoms with Crippen molar-refractivity contribution >= 4 is 29.2 Å². The number of benzene rings is 1. The van der Waals surface area contributed by atoms with Crippen LogP contribution in [0.25, 0.3) is 0 Å². The lowest BCUT2D eigenvalue weighted by Crippen LogP contribution is -2.38. The SMILES string of the molecule is CCNC(=O)CNC(=O)Nc1ccc(F)c(Cl)c1. The van der Waals surface area contributed by atoms with Gasteiger partial charge in [0.15, 0.2) is 0 Å². The molecule has 3 amide bonds. The zero-order chi connectivity index (χ0) is 13.5. The number of likely N-dealkylation sites (N-methyl/N-ethyl adjacent to an activating group) is 1. The van der Waals surface area contributed by atoms with Gasteiger partial charge in [0.1, 0.15) is 5.82 Å². The molecule has 0 aliphatic carbocycles. The van der Waals surface area contributed by atoms with Gasteiger partial charge >= 0.3 is 6.03 Å². The molecule has 0 radical (unpaired) electrons. The minimum atomic E-state index is -0.566. The predicted molar refractivity (Wildman–Crippen MR) is 67.1 cm³/mol. The first-order chi connectivity index (χ1) is 8.52. The summed E-state index contributed by atoms with van der Waals surface area (Å²) in [6, 6.07) is 3.22. The number of anilines is 1. The maximum atomic E-state index is 12.9. The highest BCUT2D eigenvalue weighted by Gasteiger charge is 2.06. The molecule has 98 valence electrons. The van der Waals surface area contributed by atoms with Crippen molar-refractivity contribution in [2.24, 2.45) is 0 Å². The van der Waals surface area contributed by atoms with Gasteiger partial charge in [0.05, 0.1) is 11.6 Å². The molecule has 0 fully saturated rings. The number of carbonyl (C=O) groups is 2. The Hall–Kier alpha value is -1.82. The summed E-state index contributed by atoms with van der Waals surface area (Å²) in [5.41, 5.74) is 0.342. The topological polar surface area (TPSA) is 70.2 Å². The molecular weight excluding hydrogens is 261 g/mol. The quantitative estimate of drug-likeness (QED) is 0.782. The number of nitrogens with one attached hydrogen (secondary N) is 3. The van der Waals surface area contributed by atoms with Crippen molar-refractivity contribution < 1.29 is 14.0 Å². The molecule has 0 bridgehead atoms. The van der Waals surface area contributed by atoms with E-state index in [0.717, 1.165) is 6.07 Å². The molecule has 0 aromatic heterocycles.